The molecule has 1 N–H and O–H groups in total. The summed E-state index contributed by atoms with van der Waals surface area (Å²) in [4.78, 5) is 0. The average molecular weight is 294 g/mol. The van der Waals surface area contributed by atoms with E-state index in [4.69, 9.17) is 4.74 Å². The summed E-state index contributed by atoms with van der Waals surface area (Å²) in [6, 6.07) is 3.30. The summed E-state index contributed by atoms with van der Waals surface area (Å²) in [7, 11) is 1.28. The van der Waals surface area contributed by atoms with Crippen LogP contribution in [0.1, 0.15) is 25.8 Å². The van der Waals surface area contributed by atoms with Crippen molar-refractivity contribution in [1.29, 1.82) is 0 Å². The molecule has 6 heteroatoms. The van der Waals surface area contributed by atoms with Crippen molar-refractivity contribution >= 4 is 0 Å². The number of aliphatic hydroxyl groups is 1. The Bertz CT molecular complexity index is 457. The van der Waals surface area contributed by atoms with Crippen molar-refractivity contribution < 1.29 is 27.4 Å². The molecule has 0 aromatic heterocycles. The van der Waals surface area contributed by atoms with E-state index in [1.807, 2.05) is 0 Å². The number of halogens is 4. The van der Waals surface area contributed by atoms with E-state index in [2.05, 4.69) is 0 Å². The average Bonchev–Trinajstić information content (AvgIpc) is 2.26. The summed E-state index contributed by atoms with van der Waals surface area (Å²) in [5.74, 6) is -0.908. The van der Waals surface area contributed by atoms with Gasteiger partial charge in [0.2, 0.25) is 0 Å². The Hall–Kier alpha value is -1.30. The largest absolute Gasteiger partial charge is 0.496 e. The van der Waals surface area contributed by atoms with Crippen molar-refractivity contribution in [3.8, 4) is 5.75 Å². The molecule has 1 aromatic rings. The van der Waals surface area contributed by atoms with E-state index < -0.39 is 30.4 Å². The maximum Gasteiger partial charge on any atom is 0.417 e. The Morgan fingerprint density at radius 2 is 1.85 bits per heavy atom. The van der Waals surface area contributed by atoms with Crippen LogP contribution in [0.4, 0.5) is 17.6 Å². The Morgan fingerprint density at radius 1 is 1.25 bits per heavy atom. The first-order valence-corrected chi connectivity index (χ1v) is 6.20. The first-order valence-electron chi connectivity index (χ1n) is 6.20. The van der Waals surface area contributed by atoms with E-state index >= 15 is 0 Å². The molecule has 0 heterocycles. The number of benzene rings is 1. The molecular formula is C14H18F4O2. The smallest absolute Gasteiger partial charge is 0.417 e. The van der Waals surface area contributed by atoms with Crippen LogP contribution in [0.3, 0.4) is 0 Å². The molecular weight excluding hydrogens is 276 g/mol. The molecule has 0 aliphatic rings. The first-order chi connectivity index (χ1) is 9.09. The number of ether oxygens (including phenoxy) is 1. The maximum atomic E-state index is 13.2. The standard InChI is InChI=1S/C14H18F4O2/c1-9(2)7-13(19,14(16,17)18)8-10-6-11(15)4-5-12(10)20-3/h4-6,9,19H,7-8H2,1-3H3. The summed E-state index contributed by atoms with van der Waals surface area (Å²) >= 11 is 0. The number of hydrogen-bond acceptors (Lipinski definition) is 2. The minimum absolute atomic E-state index is 0.00650. The van der Waals surface area contributed by atoms with E-state index in [1.165, 1.54) is 13.2 Å². The molecule has 1 unspecified atom stereocenters. The van der Waals surface area contributed by atoms with E-state index in [9.17, 15) is 22.7 Å². The molecule has 20 heavy (non-hydrogen) atoms. The van der Waals surface area contributed by atoms with Gasteiger partial charge in [0, 0.05) is 12.0 Å². The lowest BCUT2D eigenvalue weighted by atomic mass is 9.85. The summed E-state index contributed by atoms with van der Waals surface area (Å²) < 4.78 is 57.4. The van der Waals surface area contributed by atoms with Crippen LogP contribution in [-0.2, 0) is 6.42 Å². The number of hydrogen-bond donors (Lipinski definition) is 1. The highest BCUT2D eigenvalue weighted by Crippen LogP contribution is 2.39. The third-order valence-electron chi connectivity index (χ3n) is 3.00. The zero-order valence-corrected chi connectivity index (χ0v) is 11.6. The quantitative estimate of drug-likeness (QED) is 0.839. The van der Waals surface area contributed by atoms with Crippen molar-refractivity contribution in [3.63, 3.8) is 0 Å². The molecule has 1 rings (SSSR count). The van der Waals surface area contributed by atoms with Gasteiger partial charge in [0.15, 0.2) is 5.60 Å². The maximum absolute atomic E-state index is 13.2. The highest BCUT2D eigenvalue weighted by atomic mass is 19.4. The fraction of sp³-hybridized carbons (Fsp3) is 0.571. The van der Waals surface area contributed by atoms with Gasteiger partial charge in [-0.05, 0) is 30.5 Å². The Balaban J connectivity index is 3.16. The van der Waals surface area contributed by atoms with Crippen LogP contribution in [0.5, 0.6) is 5.75 Å². The summed E-state index contributed by atoms with van der Waals surface area (Å²) in [6.07, 6.45) is -6.00. The molecule has 0 aliphatic heterocycles. The summed E-state index contributed by atoms with van der Waals surface area (Å²) in [5, 5.41) is 9.98. The van der Waals surface area contributed by atoms with Crippen LogP contribution in [0, 0.1) is 11.7 Å². The molecule has 0 fully saturated rings. The van der Waals surface area contributed by atoms with Crippen molar-refractivity contribution in [2.75, 3.05) is 7.11 Å². The third kappa shape index (κ3) is 3.85. The van der Waals surface area contributed by atoms with Crippen molar-refractivity contribution in [2.45, 2.75) is 38.5 Å². The predicted octanol–water partition coefficient (Wildman–Crippen LogP) is 3.72. The predicted molar refractivity (Wildman–Crippen MR) is 67.1 cm³/mol. The summed E-state index contributed by atoms with van der Waals surface area (Å²) in [6.45, 7) is 3.17. The zero-order chi connectivity index (χ0) is 15.6. The molecule has 0 aliphatic carbocycles. The van der Waals surface area contributed by atoms with Gasteiger partial charge >= 0.3 is 6.18 Å². The van der Waals surface area contributed by atoms with Crippen LogP contribution in [0.15, 0.2) is 18.2 Å². The molecule has 1 aromatic carbocycles. The molecule has 1 atom stereocenters. The second-order valence-corrected chi connectivity index (χ2v) is 5.26. The van der Waals surface area contributed by atoms with Crippen LogP contribution < -0.4 is 4.74 Å². The highest BCUT2D eigenvalue weighted by Gasteiger charge is 2.53. The second-order valence-electron chi connectivity index (χ2n) is 5.26. The molecule has 0 amide bonds. The number of methoxy groups -OCH3 is 1. The molecule has 114 valence electrons. The van der Waals surface area contributed by atoms with Gasteiger partial charge in [0.25, 0.3) is 0 Å². The van der Waals surface area contributed by atoms with Gasteiger partial charge in [-0.2, -0.15) is 13.2 Å². The van der Waals surface area contributed by atoms with Gasteiger partial charge in [-0.15, -0.1) is 0 Å². The summed E-state index contributed by atoms with van der Waals surface area (Å²) in [5.41, 5.74) is -2.91. The highest BCUT2D eigenvalue weighted by molar-refractivity contribution is 5.35. The molecule has 0 saturated carbocycles. The molecule has 0 saturated heterocycles. The van der Waals surface area contributed by atoms with E-state index in [0.717, 1.165) is 12.1 Å². The Labute approximate surface area is 115 Å². The third-order valence-corrected chi connectivity index (χ3v) is 3.00. The van der Waals surface area contributed by atoms with Gasteiger partial charge in [0.05, 0.1) is 7.11 Å². The topological polar surface area (TPSA) is 29.5 Å². The molecule has 0 radical (unpaired) electrons. The lowest BCUT2D eigenvalue weighted by molar-refractivity contribution is -0.265. The van der Waals surface area contributed by atoms with E-state index in [0.29, 0.717) is 0 Å². The van der Waals surface area contributed by atoms with Crippen molar-refractivity contribution in [2.24, 2.45) is 5.92 Å². The fourth-order valence-electron chi connectivity index (χ4n) is 2.16. The second kappa shape index (κ2) is 5.99. The minimum Gasteiger partial charge on any atom is -0.496 e. The number of alkyl halides is 3. The molecule has 2 nitrogen and oxygen atoms in total. The SMILES string of the molecule is COc1ccc(F)cc1CC(O)(CC(C)C)C(F)(F)F. The zero-order valence-electron chi connectivity index (χ0n) is 11.6. The Morgan fingerprint density at radius 3 is 2.30 bits per heavy atom. The van der Waals surface area contributed by atoms with Gasteiger partial charge in [-0.25, -0.2) is 4.39 Å². The normalized spacial score (nSPS) is 15.2. The van der Waals surface area contributed by atoms with Crippen molar-refractivity contribution in [1.82, 2.24) is 0 Å². The lowest BCUT2D eigenvalue weighted by Crippen LogP contribution is -2.48. The van der Waals surface area contributed by atoms with E-state index in [-0.39, 0.29) is 17.2 Å². The van der Waals surface area contributed by atoms with Crippen LogP contribution in [-0.4, -0.2) is 24.0 Å². The first kappa shape index (κ1) is 16.8. The number of rotatable bonds is 5. The Kier molecular flexibility index (Phi) is 5.02. The van der Waals surface area contributed by atoms with Crippen LogP contribution in [0.25, 0.3) is 0 Å². The van der Waals surface area contributed by atoms with Gasteiger partial charge in [-0.1, -0.05) is 13.8 Å². The molecule has 0 bridgehead atoms. The molecule has 0 spiro atoms. The minimum atomic E-state index is -4.80. The van der Waals surface area contributed by atoms with Crippen LogP contribution in [0.2, 0.25) is 0 Å². The van der Waals surface area contributed by atoms with Gasteiger partial charge in [-0.3, -0.25) is 0 Å². The lowest BCUT2D eigenvalue weighted by Gasteiger charge is -2.32. The van der Waals surface area contributed by atoms with Crippen LogP contribution >= 0.6 is 0 Å². The van der Waals surface area contributed by atoms with E-state index in [1.54, 1.807) is 13.8 Å². The van der Waals surface area contributed by atoms with Crippen molar-refractivity contribution in [3.05, 3.63) is 29.6 Å². The fourth-order valence-corrected chi connectivity index (χ4v) is 2.16. The monoisotopic (exact) mass is 294 g/mol. The van der Waals surface area contributed by atoms with Gasteiger partial charge < -0.3 is 9.84 Å². The van der Waals surface area contributed by atoms with Gasteiger partial charge in [0.1, 0.15) is 11.6 Å².